The van der Waals surface area contributed by atoms with Crippen LogP contribution in [0.1, 0.15) is 0 Å². The molecule has 14 heavy (non-hydrogen) atoms. The number of nitrogens with one attached hydrogen (secondary N) is 2. The number of H-pyrrole nitrogens is 1. The summed E-state index contributed by atoms with van der Waals surface area (Å²) in [4.78, 5) is 13.4. The zero-order chi connectivity index (χ0) is 9.97. The molecule has 1 aromatic heterocycles. The molecule has 0 bridgehead atoms. The highest BCUT2D eigenvalue weighted by Gasteiger charge is 2.00. The molecule has 0 fully saturated rings. The monoisotopic (exact) mass is 193 g/mol. The van der Waals surface area contributed by atoms with Gasteiger partial charge in [0, 0.05) is 24.8 Å². The van der Waals surface area contributed by atoms with Gasteiger partial charge in [-0.3, -0.25) is 4.98 Å². The summed E-state index contributed by atoms with van der Waals surface area (Å²) in [6.07, 6.45) is 0. The summed E-state index contributed by atoms with van der Waals surface area (Å²) in [6, 6.07) is 5.42. The lowest BCUT2D eigenvalue weighted by atomic mass is 10.3. The van der Waals surface area contributed by atoms with Gasteiger partial charge in [0.1, 0.15) is 0 Å². The van der Waals surface area contributed by atoms with Gasteiger partial charge in [0.2, 0.25) is 0 Å². The second kappa shape index (κ2) is 3.55. The van der Waals surface area contributed by atoms with Crippen LogP contribution in [0.25, 0.3) is 11.1 Å². The predicted molar refractivity (Wildman–Crippen MR) is 54.4 cm³/mol. The average Bonchev–Trinajstić information content (AvgIpc) is 2.54. The number of anilines is 1. The number of rotatable bonds is 3. The summed E-state index contributed by atoms with van der Waals surface area (Å²) in [5.41, 5.74) is 7.50. The Hall–Kier alpha value is -1.75. The van der Waals surface area contributed by atoms with E-state index in [1.807, 2.05) is 6.07 Å². The molecule has 0 spiro atoms. The van der Waals surface area contributed by atoms with Crippen molar-refractivity contribution >= 4 is 16.8 Å². The predicted octanol–water partition coefficient (Wildman–Crippen LogP) is 0.492. The smallest absolute Gasteiger partial charge is 0.408 e. The summed E-state index contributed by atoms with van der Waals surface area (Å²) in [5, 5.41) is 3.09. The summed E-state index contributed by atoms with van der Waals surface area (Å²) < 4.78 is 4.91. The van der Waals surface area contributed by atoms with Gasteiger partial charge in [-0.05, 0) is 12.1 Å². The minimum Gasteiger partial charge on any atom is -0.408 e. The molecular formula is C9H11N3O2. The standard InChI is InChI=1S/C9H11N3O2/c10-3-4-11-6-1-2-7-8(5-6)14-9(13)12-7/h1-2,5,11H,3-4,10H2,(H,12,13). The van der Waals surface area contributed by atoms with Crippen LogP contribution in [-0.2, 0) is 0 Å². The number of aromatic nitrogens is 1. The van der Waals surface area contributed by atoms with Crippen molar-refractivity contribution in [2.45, 2.75) is 0 Å². The summed E-state index contributed by atoms with van der Waals surface area (Å²) >= 11 is 0. The molecule has 5 nitrogen and oxygen atoms in total. The zero-order valence-corrected chi connectivity index (χ0v) is 7.54. The topological polar surface area (TPSA) is 84.0 Å². The van der Waals surface area contributed by atoms with Crippen LogP contribution in [0.3, 0.4) is 0 Å². The maximum absolute atomic E-state index is 10.9. The Morgan fingerprint density at radius 1 is 1.50 bits per heavy atom. The molecule has 5 heteroatoms. The van der Waals surface area contributed by atoms with Crippen molar-refractivity contribution in [3.05, 3.63) is 28.7 Å². The molecule has 74 valence electrons. The highest BCUT2D eigenvalue weighted by Crippen LogP contribution is 2.15. The van der Waals surface area contributed by atoms with Gasteiger partial charge in [0.25, 0.3) is 0 Å². The van der Waals surface area contributed by atoms with E-state index < -0.39 is 5.76 Å². The van der Waals surface area contributed by atoms with Crippen LogP contribution in [0.2, 0.25) is 0 Å². The maximum atomic E-state index is 10.9. The molecule has 1 aromatic carbocycles. The Balaban J connectivity index is 2.35. The van der Waals surface area contributed by atoms with E-state index in [4.69, 9.17) is 10.2 Å². The van der Waals surface area contributed by atoms with Crippen molar-refractivity contribution in [3.63, 3.8) is 0 Å². The largest absolute Gasteiger partial charge is 0.417 e. The van der Waals surface area contributed by atoms with Gasteiger partial charge < -0.3 is 15.5 Å². The molecule has 0 aliphatic carbocycles. The third-order valence-corrected chi connectivity index (χ3v) is 1.89. The van der Waals surface area contributed by atoms with Crippen LogP contribution < -0.4 is 16.8 Å². The Morgan fingerprint density at radius 3 is 3.14 bits per heavy atom. The molecule has 1 heterocycles. The molecule has 0 saturated carbocycles. The second-order valence-corrected chi connectivity index (χ2v) is 2.94. The van der Waals surface area contributed by atoms with Gasteiger partial charge in [-0.2, -0.15) is 0 Å². The molecule has 4 N–H and O–H groups in total. The van der Waals surface area contributed by atoms with Gasteiger partial charge in [-0.1, -0.05) is 0 Å². The number of hydrogen-bond donors (Lipinski definition) is 3. The highest BCUT2D eigenvalue weighted by atomic mass is 16.4. The molecular weight excluding hydrogens is 182 g/mol. The van der Waals surface area contributed by atoms with E-state index in [-0.39, 0.29) is 0 Å². The molecule has 0 saturated heterocycles. The Morgan fingerprint density at radius 2 is 2.36 bits per heavy atom. The van der Waals surface area contributed by atoms with Crippen LogP contribution in [0.5, 0.6) is 0 Å². The number of nitrogens with two attached hydrogens (primary N) is 1. The van der Waals surface area contributed by atoms with E-state index in [0.717, 1.165) is 5.69 Å². The fourth-order valence-electron chi connectivity index (χ4n) is 1.27. The zero-order valence-electron chi connectivity index (χ0n) is 7.54. The van der Waals surface area contributed by atoms with Crippen molar-refractivity contribution < 1.29 is 4.42 Å². The quantitative estimate of drug-likeness (QED) is 0.662. The summed E-state index contributed by atoms with van der Waals surface area (Å²) in [7, 11) is 0. The van der Waals surface area contributed by atoms with Crippen molar-refractivity contribution in [2.75, 3.05) is 18.4 Å². The molecule has 2 rings (SSSR count). The number of oxazole rings is 1. The van der Waals surface area contributed by atoms with Crippen LogP contribution in [0, 0.1) is 0 Å². The highest BCUT2D eigenvalue weighted by molar-refractivity contribution is 5.76. The Bertz CT molecular complexity index is 486. The fourth-order valence-corrected chi connectivity index (χ4v) is 1.27. The van der Waals surface area contributed by atoms with Gasteiger partial charge in [0.15, 0.2) is 5.58 Å². The number of aromatic amines is 1. The Labute approximate surface area is 79.9 Å². The van der Waals surface area contributed by atoms with E-state index in [0.29, 0.717) is 24.2 Å². The minimum absolute atomic E-state index is 0.434. The van der Waals surface area contributed by atoms with E-state index >= 15 is 0 Å². The first-order valence-electron chi connectivity index (χ1n) is 4.36. The van der Waals surface area contributed by atoms with Crippen molar-refractivity contribution in [1.29, 1.82) is 0 Å². The third kappa shape index (κ3) is 1.62. The van der Waals surface area contributed by atoms with Crippen LogP contribution in [0.15, 0.2) is 27.4 Å². The average molecular weight is 193 g/mol. The van der Waals surface area contributed by atoms with Gasteiger partial charge >= 0.3 is 5.76 Å². The van der Waals surface area contributed by atoms with Crippen molar-refractivity contribution in [3.8, 4) is 0 Å². The van der Waals surface area contributed by atoms with E-state index in [2.05, 4.69) is 10.3 Å². The maximum Gasteiger partial charge on any atom is 0.417 e. The molecule has 2 aromatic rings. The van der Waals surface area contributed by atoms with Gasteiger partial charge in [-0.25, -0.2) is 4.79 Å². The fraction of sp³-hybridized carbons (Fsp3) is 0.222. The van der Waals surface area contributed by atoms with Crippen LogP contribution in [-0.4, -0.2) is 18.1 Å². The Kier molecular flexibility index (Phi) is 2.24. The number of hydrogen-bond acceptors (Lipinski definition) is 4. The van der Waals surface area contributed by atoms with Crippen LogP contribution in [0.4, 0.5) is 5.69 Å². The summed E-state index contributed by atoms with van der Waals surface area (Å²) in [6.45, 7) is 1.26. The lowest BCUT2D eigenvalue weighted by Gasteiger charge is -2.02. The minimum atomic E-state index is -0.434. The first kappa shape index (κ1) is 8.83. The molecule has 0 aliphatic heterocycles. The first-order chi connectivity index (χ1) is 6.79. The van der Waals surface area contributed by atoms with Crippen molar-refractivity contribution in [2.24, 2.45) is 5.73 Å². The lowest BCUT2D eigenvalue weighted by Crippen LogP contribution is -2.12. The summed E-state index contributed by atoms with van der Waals surface area (Å²) in [5.74, 6) is -0.434. The lowest BCUT2D eigenvalue weighted by molar-refractivity contribution is 0.555. The second-order valence-electron chi connectivity index (χ2n) is 2.94. The molecule has 0 radical (unpaired) electrons. The molecule has 0 atom stereocenters. The normalized spacial score (nSPS) is 10.6. The van der Waals surface area contributed by atoms with Gasteiger partial charge in [0.05, 0.1) is 5.52 Å². The van der Waals surface area contributed by atoms with Crippen LogP contribution >= 0.6 is 0 Å². The first-order valence-corrected chi connectivity index (χ1v) is 4.36. The van der Waals surface area contributed by atoms with Crippen molar-refractivity contribution in [1.82, 2.24) is 4.98 Å². The van der Waals surface area contributed by atoms with E-state index in [1.165, 1.54) is 0 Å². The van der Waals surface area contributed by atoms with E-state index in [1.54, 1.807) is 12.1 Å². The number of fused-ring (bicyclic) bond motifs is 1. The third-order valence-electron chi connectivity index (χ3n) is 1.89. The molecule has 0 unspecified atom stereocenters. The number of benzene rings is 1. The van der Waals surface area contributed by atoms with Gasteiger partial charge in [-0.15, -0.1) is 0 Å². The SMILES string of the molecule is NCCNc1ccc2[nH]c(=O)oc2c1. The molecule has 0 amide bonds. The van der Waals surface area contributed by atoms with E-state index in [9.17, 15) is 4.79 Å². The molecule has 0 aliphatic rings.